The molecule has 24 heavy (non-hydrogen) atoms. The average molecular weight is 327 g/mol. The topological polar surface area (TPSA) is 107 Å². The highest BCUT2D eigenvalue weighted by molar-refractivity contribution is 6.06. The zero-order valence-electron chi connectivity index (χ0n) is 12.4. The number of aliphatic carboxylic acids is 1. The van der Waals surface area contributed by atoms with Gasteiger partial charge in [0.05, 0.1) is 4.92 Å². The van der Waals surface area contributed by atoms with Gasteiger partial charge in [-0.15, -0.1) is 0 Å². The predicted molar refractivity (Wildman–Crippen MR) is 86.0 cm³/mol. The lowest BCUT2D eigenvalue weighted by atomic mass is 10.1. The number of allylic oxidation sites excluding steroid dienone is 1. The Hall–Kier alpha value is -3.48. The molecule has 0 saturated carbocycles. The van der Waals surface area contributed by atoms with Gasteiger partial charge in [-0.25, -0.2) is 4.79 Å². The Balaban J connectivity index is 2.00. The van der Waals surface area contributed by atoms with Gasteiger partial charge in [0.15, 0.2) is 12.4 Å². The van der Waals surface area contributed by atoms with Crippen LogP contribution in [0, 0.1) is 10.1 Å². The molecule has 2 rings (SSSR count). The molecule has 0 atom stereocenters. The number of hydrogen-bond donors (Lipinski definition) is 1. The van der Waals surface area contributed by atoms with E-state index in [2.05, 4.69) is 0 Å². The Labute approximate surface area is 137 Å². The van der Waals surface area contributed by atoms with Gasteiger partial charge in [-0.2, -0.15) is 0 Å². The highest BCUT2D eigenvalue weighted by Crippen LogP contribution is 2.15. The van der Waals surface area contributed by atoms with Crippen molar-refractivity contribution in [1.29, 1.82) is 0 Å². The summed E-state index contributed by atoms with van der Waals surface area (Å²) in [5, 5.41) is 19.1. The average Bonchev–Trinajstić information content (AvgIpc) is 2.58. The van der Waals surface area contributed by atoms with Crippen molar-refractivity contribution in [3.8, 4) is 5.75 Å². The van der Waals surface area contributed by atoms with Crippen molar-refractivity contribution >= 4 is 23.5 Å². The van der Waals surface area contributed by atoms with Crippen LogP contribution in [0.15, 0.2) is 54.6 Å². The number of benzene rings is 2. The lowest BCUT2D eigenvalue weighted by molar-refractivity contribution is -0.384. The number of carbonyl (C=O) groups is 2. The van der Waals surface area contributed by atoms with E-state index in [-0.39, 0.29) is 11.5 Å². The Morgan fingerprint density at radius 2 is 1.71 bits per heavy atom. The van der Waals surface area contributed by atoms with E-state index in [0.717, 1.165) is 5.56 Å². The summed E-state index contributed by atoms with van der Waals surface area (Å²) in [6.45, 7) is -0.423. The fraction of sp³-hybridized carbons (Fsp3) is 0.0588. The molecule has 0 radical (unpaired) electrons. The van der Waals surface area contributed by atoms with Gasteiger partial charge in [-0.3, -0.25) is 14.9 Å². The highest BCUT2D eigenvalue weighted by Gasteiger charge is 2.07. The monoisotopic (exact) mass is 327 g/mol. The second-order valence-electron chi connectivity index (χ2n) is 4.75. The molecule has 0 aliphatic heterocycles. The lowest BCUT2D eigenvalue weighted by Crippen LogP contribution is -2.09. The van der Waals surface area contributed by atoms with Crippen molar-refractivity contribution in [3.05, 3.63) is 75.8 Å². The Kier molecular flexibility index (Phi) is 5.40. The largest absolute Gasteiger partial charge is 0.482 e. The number of nitro benzene ring substituents is 1. The quantitative estimate of drug-likeness (QED) is 0.362. The maximum absolute atomic E-state index is 12.0. The van der Waals surface area contributed by atoms with Crippen LogP contribution in [0.5, 0.6) is 5.75 Å². The molecule has 122 valence electrons. The molecule has 0 aromatic heterocycles. The zero-order chi connectivity index (χ0) is 17.5. The van der Waals surface area contributed by atoms with Gasteiger partial charge in [0, 0.05) is 17.7 Å². The molecule has 7 heteroatoms. The number of nitrogens with zero attached hydrogens (tertiary/aromatic N) is 1. The summed E-state index contributed by atoms with van der Waals surface area (Å²) in [6, 6.07) is 11.9. The van der Waals surface area contributed by atoms with Crippen LogP contribution in [-0.2, 0) is 4.79 Å². The van der Waals surface area contributed by atoms with Crippen molar-refractivity contribution in [2.75, 3.05) is 6.61 Å². The fourth-order valence-electron chi connectivity index (χ4n) is 1.84. The molecule has 0 aliphatic carbocycles. The number of nitro groups is 1. The van der Waals surface area contributed by atoms with Crippen LogP contribution in [0.2, 0.25) is 0 Å². The van der Waals surface area contributed by atoms with Gasteiger partial charge >= 0.3 is 5.97 Å². The van der Waals surface area contributed by atoms with Gasteiger partial charge in [-0.05, 0) is 35.9 Å². The normalized spacial score (nSPS) is 10.5. The molecule has 0 aliphatic rings. The van der Waals surface area contributed by atoms with E-state index in [1.807, 2.05) is 0 Å². The van der Waals surface area contributed by atoms with E-state index in [0.29, 0.717) is 11.3 Å². The second-order valence-corrected chi connectivity index (χ2v) is 4.75. The SMILES string of the molecule is O=C(O)COc1ccc(/C=C\C(=O)c2ccc([N+](=O)[O-])cc2)cc1. The summed E-state index contributed by atoms with van der Waals surface area (Å²) in [5.74, 6) is -0.931. The first kappa shape index (κ1) is 16.9. The van der Waals surface area contributed by atoms with E-state index in [1.54, 1.807) is 30.3 Å². The third-order valence-corrected chi connectivity index (χ3v) is 3.03. The summed E-state index contributed by atoms with van der Waals surface area (Å²) >= 11 is 0. The summed E-state index contributed by atoms with van der Waals surface area (Å²) < 4.78 is 5.00. The standard InChI is InChI=1S/C17H13NO6/c19-16(13-4-6-14(7-5-13)18(22)23)10-3-12-1-8-15(9-2-12)24-11-17(20)21/h1-10H,11H2,(H,20,21)/b10-3-. The molecule has 0 unspecified atom stereocenters. The molecule has 0 fully saturated rings. The smallest absolute Gasteiger partial charge is 0.341 e. The number of carbonyl (C=O) groups excluding carboxylic acids is 1. The molecule has 0 amide bonds. The minimum Gasteiger partial charge on any atom is -0.482 e. The van der Waals surface area contributed by atoms with E-state index >= 15 is 0 Å². The van der Waals surface area contributed by atoms with Crippen molar-refractivity contribution < 1.29 is 24.4 Å². The summed E-state index contributed by atoms with van der Waals surface area (Å²) in [7, 11) is 0. The number of non-ortho nitro benzene ring substituents is 1. The molecule has 0 spiro atoms. The molecular weight excluding hydrogens is 314 g/mol. The van der Waals surface area contributed by atoms with Crippen LogP contribution in [0.3, 0.4) is 0 Å². The molecule has 2 aromatic carbocycles. The Morgan fingerprint density at radius 1 is 1.08 bits per heavy atom. The van der Waals surface area contributed by atoms with Crippen LogP contribution in [0.25, 0.3) is 6.08 Å². The van der Waals surface area contributed by atoms with Crippen LogP contribution >= 0.6 is 0 Å². The lowest BCUT2D eigenvalue weighted by Gasteiger charge is -2.02. The van der Waals surface area contributed by atoms with Crippen LogP contribution in [-0.4, -0.2) is 28.4 Å². The Bertz CT molecular complexity index is 778. The molecule has 1 N–H and O–H groups in total. The maximum Gasteiger partial charge on any atom is 0.341 e. The third-order valence-electron chi connectivity index (χ3n) is 3.03. The van der Waals surface area contributed by atoms with E-state index in [1.165, 1.54) is 30.3 Å². The van der Waals surface area contributed by atoms with Gasteiger partial charge in [0.1, 0.15) is 5.75 Å². The van der Waals surface area contributed by atoms with E-state index in [9.17, 15) is 19.7 Å². The van der Waals surface area contributed by atoms with E-state index < -0.39 is 17.5 Å². The summed E-state index contributed by atoms with van der Waals surface area (Å²) in [4.78, 5) is 32.4. The minimum absolute atomic E-state index is 0.0764. The van der Waals surface area contributed by atoms with Crippen molar-refractivity contribution in [1.82, 2.24) is 0 Å². The summed E-state index contributed by atoms with van der Waals surface area (Å²) in [6.07, 6.45) is 2.94. The van der Waals surface area contributed by atoms with Crippen LogP contribution in [0.1, 0.15) is 15.9 Å². The zero-order valence-corrected chi connectivity index (χ0v) is 12.4. The minimum atomic E-state index is -1.06. The van der Waals surface area contributed by atoms with Gasteiger partial charge < -0.3 is 9.84 Å². The first-order chi connectivity index (χ1) is 11.5. The third kappa shape index (κ3) is 4.77. The van der Waals surface area contributed by atoms with Crippen LogP contribution in [0.4, 0.5) is 5.69 Å². The Morgan fingerprint density at radius 3 is 2.25 bits per heavy atom. The second kappa shape index (κ2) is 7.68. The maximum atomic E-state index is 12.0. The van der Waals surface area contributed by atoms with Gasteiger partial charge in [0.25, 0.3) is 5.69 Å². The number of ether oxygens (including phenoxy) is 1. The molecule has 0 heterocycles. The fourth-order valence-corrected chi connectivity index (χ4v) is 1.84. The van der Waals surface area contributed by atoms with Crippen molar-refractivity contribution in [3.63, 3.8) is 0 Å². The van der Waals surface area contributed by atoms with Crippen LogP contribution < -0.4 is 4.74 Å². The highest BCUT2D eigenvalue weighted by atomic mass is 16.6. The molecule has 0 bridgehead atoms. The molecule has 2 aromatic rings. The predicted octanol–water partition coefficient (Wildman–Crippen LogP) is 2.95. The first-order valence-corrected chi connectivity index (χ1v) is 6.87. The van der Waals surface area contributed by atoms with Crippen molar-refractivity contribution in [2.45, 2.75) is 0 Å². The number of hydrogen-bond acceptors (Lipinski definition) is 5. The van der Waals surface area contributed by atoms with E-state index in [4.69, 9.17) is 9.84 Å². The van der Waals surface area contributed by atoms with Gasteiger partial charge in [0.2, 0.25) is 0 Å². The first-order valence-electron chi connectivity index (χ1n) is 6.87. The van der Waals surface area contributed by atoms with Gasteiger partial charge in [-0.1, -0.05) is 18.2 Å². The number of carboxylic acids is 1. The molecular formula is C17H13NO6. The van der Waals surface area contributed by atoms with Crippen molar-refractivity contribution in [2.24, 2.45) is 0 Å². The molecule has 7 nitrogen and oxygen atoms in total. The number of ketones is 1. The number of rotatable bonds is 7. The summed E-state index contributed by atoms with van der Waals surface area (Å²) in [5.41, 5.74) is 0.999. The number of carboxylic acid groups (broad SMARTS) is 1. The molecule has 0 saturated heterocycles.